The molecule has 0 saturated heterocycles. The smallest absolute Gasteiger partial charge is 0.306 e. The van der Waals surface area contributed by atoms with Gasteiger partial charge in [0.2, 0.25) is 0 Å². The van der Waals surface area contributed by atoms with E-state index in [4.69, 9.17) is 12.6 Å². The molecule has 0 aliphatic rings. The van der Waals surface area contributed by atoms with Crippen LogP contribution in [-0.4, -0.2) is 19.4 Å². The van der Waals surface area contributed by atoms with Gasteiger partial charge in [0.1, 0.15) is 5.60 Å². The molecule has 13 heavy (non-hydrogen) atoms. The van der Waals surface area contributed by atoms with Gasteiger partial charge in [0.15, 0.2) is 0 Å². The monoisotopic (exact) mass is 182 g/mol. The number of hydrogen-bond donors (Lipinski definition) is 0. The van der Waals surface area contributed by atoms with Crippen molar-refractivity contribution in [2.75, 3.05) is 0 Å². The summed E-state index contributed by atoms with van der Waals surface area (Å²) in [7, 11) is 5.33. The molecular formula is C10H19BO2. The first kappa shape index (κ1) is 12.5. The second kappa shape index (κ2) is 6.06. The number of carbonyl (C=O) groups excluding carboxylic acids is 1. The molecule has 0 bridgehead atoms. The van der Waals surface area contributed by atoms with Crippen molar-refractivity contribution in [1.29, 1.82) is 0 Å². The summed E-state index contributed by atoms with van der Waals surface area (Å²) in [5, 5.41) is 0. The van der Waals surface area contributed by atoms with E-state index in [1.54, 1.807) is 0 Å². The Hall–Kier alpha value is -0.465. The number of esters is 1. The zero-order valence-electron chi connectivity index (χ0n) is 8.93. The van der Waals surface area contributed by atoms with Gasteiger partial charge in [-0.25, -0.2) is 0 Å². The molecule has 0 fully saturated rings. The van der Waals surface area contributed by atoms with Gasteiger partial charge in [0.25, 0.3) is 0 Å². The van der Waals surface area contributed by atoms with Crippen LogP contribution in [0.4, 0.5) is 0 Å². The zero-order valence-corrected chi connectivity index (χ0v) is 8.93. The van der Waals surface area contributed by atoms with E-state index < -0.39 is 0 Å². The normalized spacial score (nSPS) is 11.3. The van der Waals surface area contributed by atoms with E-state index in [9.17, 15) is 4.79 Å². The Labute approximate surface area is 82.5 Å². The molecular weight excluding hydrogens is 163 g/mol. The third-order valence-corrected chi connectivity index (χ3v) is 1.51. The van der Waals surface area contributed by atoms with Gasteiger partial charge < -0.3 is 4.74 Å². The molecule has 0 aromatic rings. The molecule has 0 aromatic heterocycles. The van der Waals surface area contributed by atoms with E-state index in [1.165, 1.54) is 0 Å². The highest BCUT2D eigenvalue weighted by Gasteiger charge is 2.15. The quantitative estimate of drug-likeness (QED) is 0.371. The Kier molecular flexibility index (Phi) is 5.84. The predicted octanol–water partition coefficient (Wildman–Crippen LogP) is 2.48. The fraction of sp³-hybridized carbons (Fsp3) is 0.900. The van der Waals surface area contributed by atoms with Gasteiger partial charge in [-0.1, -0.05) is 19.2 Å². The minimum absolute atomic E-state index is 0.107. The summed E-state index contributed by atoms with van der Waals surface area (Å²) in [4.78, 5) is 11.2. The second-order valence-electron chi connectivity index (χ2n) is 4.19. The summed E-state index contributed by atoms with van der Waals surface area (Å²) in [5.74, 6) is -0.107. The fourth-order valence-electron chi connectivity index (χ4n) is 0.983. The maximum Gasteiger partial charge on any atom is 0.306 e. The molecule has 2 nitrogen and oxygen atoms in total. The van der Waals surface area contributed by atoms with Crippen LogP contribution in [0, 0.1) is 0 Å². The Balaban J connectivity index is 3.41. The molecule has 0 rings (SSSR count). The second-order valence-corrected chi connectivity index (χ2v) is 4.19. The van der Waals surface area contributed by atoms with Gasteiger partial charge in [-0.15, -0.1) is 0 Å². The molecule has 0 saturated carbocycles. The van der Waals surface area contributed by atoms with Crippen LogP contribution in [0.25, 0.3) is 0 Å². The van der Waals surface area contributed by atoms with Crippen LogP contribution in [0.5, 0.6) is 0 Å². The van der Waals surface area contributed by atoms with E-state index in [-0.39, 0.29) is 11.6 Å². The Morgan fingerprint density at radius 2 is 1.85 bits per heavy atom. The lowest BCUT2D eigenvalue weighted by atomic mass is 9.99. The molecule has 0 unspecified atom stereocenters. The number of hydrogen-bond acceptors (Lipinski definition) is 2. The summed E-state index contributed by atoms with van der Waals surface area (Å²) in [6.45, 7) is 5.64. The number of carbonyl (C=O) groups is 1. The van der Waals surface area contributed by atoms with Crippen molar-refractivity contribution in [3.05, 3.63) is 0 Å². The first-order valence-corrected chi connectivity index (χ1v) is 4.87. The highest BCUT2D eigenvalue weighted by molar-refractivity contribution is 6.08. The van der Waals surface area contributed by atoms with E-state index in [1.807, 2.05) is 20.8 Å². The van der Waals surface area contributed by atoms with Crippen LogP contribution >= 0.6 is 0 Å². The van der Waals surface area contributed by atoms with Crippen LogP contribution in [-0.2, 0) is 9.53 Å². The average molecular weight is 182 g/mol. The Morgan fingerprint density at radius 1 is 1.23 bits per heavy atom. The van der Waals surface area contributed by atoms with Crippen molar-refractivity contribution in [1.82, 2.24) is 0 Å². The van der Waals surface area contributed by atoms with Crippen LogP contribution in [0.2, 0.25) is 6.32 Å². The molecule has 0 aliphatic carbocycles. The van der Waals surface area contributed by atoms with Crippen molar-refractivity contribution < 1.29 is 9.53 Å². The highest BCUT2D eigenvalue weighted by atomic mass is 16.6. The van der Waals surface area contributed by atoms with E-state index >= 15 is 0 Å². The third-order valence-electron chi connectivity index (χ3n) is 1.51. The van der Waals surface area contributed by atoms with Crippen LogP contribution in [0.3, 0.4) is 0 Å². The lowest BCUT2D eigenvalue weighted by Crippen LogP contribution is -2.23. The molecule has 74 valence electrons. The van der Waals surface area contributed by atoms with E-state index in [0.717, 1.165) is 19.3 Å². The maximum atomic E-state index is 11.2. The molecule has 0 atom stereocenters. The molecule has 0 heterocycles. The van der Waals surface area contributed by atoms with Gasteiger partial charge in [-0.2, -0.15) is 0 Å². The molecule has 0 spiro atoms. The Bertz CT molecular complexity index is 149. The summed E-state index contributed by atoms with van der Waals surface area (Å²) in [6, 6.07) is 0. The molecule has 0 amide bonds. The minimum Gasteiger partial charge on any atom is -0.460 e. The lowest BCUT2D eigenvalue weighted by molar-refractivity contribution is -0.154. The van der Waals surface area contributed by atoms with Gasteiger partial charge in [0, 0.05) is 6.42 Å². The molecule has 0 aromatic carbocycles. The first-order valence-electron chi connectivity index (χ1n) is 4.87. The minimum atomic E-state index is -0.356. The number of ether oxygens (including phenoxy) is 1. The highest BCUT2D eigenvalue weighted by Crippen LogP contribution is 2.10. The molecule has 3 heteroatoms. The Morgan fingerprint density at radius 3 is 2.31 bits per heavy atom. The fourth-order valence-corrected chi connectivity index (χ4v) is 0.983. The third kappa shape index (κ3) is 9.45. The first-order chi connectivity index (χ1) is 5.95. The topological polar surface area (TPSA) is 26.3 Å². The SMILES string of the molecule is [B]CCCCCC(=O)OC(C)(C)C. The average Bonchev–Trinajstić information content (AvgIpc) is 1.94. The van der Waals surface area contributed by atoms with Gasteiger partial charge >= 0.3 is 5.97 Å². The van der Waals surface area contributed by atoms with Crippen molar-refractivity contribution in [2.24, 2.45) is 0 Å². The lowest BCUT2D eigenvalue weighted by Gasteiger charge is -2.19. The van der Waals surface area contributed by atoms with Gasteiger partial charge in [0.05, 0.1) is 7.85 Å². The van der Waals surface area contributed by atoms with Crippen molar-refractivity contribution in [3.63, 3.8) is 0 Å². The zero-order chi connectivity index (χ0) is 10.3. The van der Waals surface area contributed by atoms with Crippen molar-refractivity contribution in [3.8, 4) is 0 Å². The number of unbranched alkanes of at least 4 members (excludes halogenated alkanes) is 2. The standard InChI is InChI=1S/C10H19BO2/c1-10(2,3)13-9(12)7-5-4-6-8-11/h4-8H2,1-3H3. The van der Waals surface area contributed by atoms with E-state index in [2.05, 4.69) is 0 Å². The summed E-state index contributed by atoms with van der Waals surface area (Å²) < 4.78 is 5.15. The summed E-state index contributed by atoms with van der Waals surface area (Å²) in [5.41, 5.74) is -0.356. The molecule has 2 radical (unpaired) electrons. The van der Waals surface area contributed by atoms with Crippen LogP contribution < -0.4 is 0 Å². The van der Waals surface area contributed by atoms with Gasteiger partial charge in [-0.3, -0.25) is 4.79 Å². The summed E-state index contributed by atoms with van der Waals surface area (Å²) >= 11 is 0. The molecule has 0 N–H and O–H groups in total. The van der Waals surface area contributed by atoms with Crippen LogP contribution in [0.15, 0.2) is 0 Å². The number of rotatable bonds is 5. The van der Waals surface area contributed by atoms with Crippen LogP contribution in [0.1, 0.15) is 46.5 Å². The van der Waals surface area contributed by atoms with E-state index in [0.29, 0.717) is 12.7 Å². The molecule has 0 aliphatic heterocycles. The van der Waals surface area contributed by atoms with Gasteiger partial charge in [-0.05, 0) is 27.2 Å². The van der Waals surface area contributed by atoms with Crippen molar-refractivity contribution >= 4 is 13.8 Å². The largest absolute Gasteiger partial charge is 0.460 e. The summed E-state index contributed by atoms with van der Waals surface area (Å²) in [6.07, 6.45) is 4.09. The van der Waals surface area contributed by atoms with Crippen molar-refractivity contribution in [2.45, 2.75) is 58.4 Å². The maximum absolute atomic E-state index is 11.2. The predicted molar refractivity (Wildman–Crippen MR) is 54.9 cm³/mol.